The molecule has 7 heteroatoms. The highest BCUT2D eigenvalue weighted by Gasteiger charge is 2.31. The molecule has 1 fully saturated rings. The maximum atomic E-state index is 12.8. The molecule has 0 aliphatic carbocycles. The van der Waals surface area contributed by atoms with Crippen molar-refractivity contribution in [2.75, 3.05) is 40.0 Å². The molecule has 0 aromatic heterocycles. The average molecular weight is 392 g/mol. The predicted molar refractivity (Wildman–Crippen MR) is 109 cm³/mol. The second-order valence-corrected chi connectivity index (χ2v) is 8.05. The number of nitrogens with zero attached hydrogens (tertiary/aromatic N) is 1. The lowest BCUT2D eigenvalue weighted by Crippen LogP contribution is -2.58. The summed E-state index contributed by atoms with van der Waals surface area (Å²) >= 11 is 0. The third-order valence-electron chi connectivity index (χ3n) is 5.15. The van der Waals surface area contributed by atoms with Gasteiger partial charge in [-0.25, -0.2) is 0 Å². The highest BCUT2D eigenvalue weighted by molar-refractivity contribution is 5.97. The number of hydrogen-bond donors (Lipinski definition) is 2. The van der Waals surface area contributed by atoms with Gasteiger partial charge in [-0.15, -0.1) is 0 Å². The minimum atomic E-state index is -0.602. The van der Waals surface area contributed by atoms with Gasteiger partial charge in [-0.05, 0) is 44.0 Å². The summed E-state index contributed by atoms with van der Waals surface area (Å²) in [5, 5.41) is 5.88. The number of carbonyl (C=O) groups is 2. The molecule has 1 aromatic rings. The van der Waals surface area contributed by atoms with Crippen LogP contribution in [0.1, 0.15) is 38.1 Å². The van der Waals surface area contributed by atoms with Crippen LogP contribution in [0.15, 0.2) is 24.3 Å². The highest BCUT2D eigenvalue weighted by atomic mass is 16.5. The van der Waals surface area contributed by atoms with Crippen molar-refractivity contribution >= 4 is 11.8 Å². The summed E-state index contributed by atoms with van der Waals surface area (Å²) in [4.78, 5) is 27.7. The van der Waals surface area contributed by atoms with Gasteiger partial charge in [0.15, 0.2) is 0 Å². The van der Waals surface area contributed by atoms with Crippen LogP contribution in [0.25, 0.3) is 0 Å². The number of amides is 2. The Labute approximate surface area is 167 Å². The highest BCUT2D eigenvalue weighted by Crippen LogP contribution is 2.16. The molecule has 2 amide bonds. The lowest BCUT2D eigenvalue weighted by Gasteiger charge is -2.41. The predicted octanol–water partition coefficient (Wildman–Crippen LogP) is 1.68. The van der Waals surface area contributed by atoms with Crippen LogP contribution in [-0.4, -0.2) is 68.3 Å². The molecule has 1 aliphatic heterocycles. The second-order valence-electron chi connectivity index (χ2n) is 8.05. The Balaban J connectivity index is 1.95. The van der Waals surface area contributed by atoms with Crippen molar-refractivity contribution < 1.29 is 19.1 Å². The van der Waals surface area contributed by atoms with Gasteiger partial charge >= 0.3 is 0 Å². The van der Waals surface area contributed by atoms with Gasteiger partial charge in [0.1, 0.15) is 11.8 Å². The number of nitrogens with one attached hydrogen (secondary N) is 2. The summed E-state index contributed by atoms with van der Waals surface area (Å²) in [6.45, 7) is 11.7. The van der Waals surface area contributed by atoms with Crippen LogP contribution in [0.3, 0.4) is 0 Å². The smallest absolute Gasteiger partial charge is 0.251 e. The molecule has 1 atom stereocenters. The molecule has 0 spiro atoms. The molecule has 156 valence electrons. The molecular weight excluding hydrogens is 358 g/mol. The van der Waals surface area contributed by atoms with Crippen molar-refractivity contribution in [3.63, 3.8) is 0 Å². The Morgan fingerprint density at radius 2 is 1.79 bits per heavy atom. The summed E-state index contributed by atoms with van der Waals surface area (Å²) in [5.41, 5.74) is 0.314. The summed E-state index contributed by atoms with van der Waals surface area (Å²) < 4.78 is 10.5. The van der Waals surface area contributed by atoms with Gasteiger partial charge in [0, 0.05) is 30.7 Å². The number of hydrogen-bond acceptors (Lipinski definition) is 5. The molecule has 2 rings (SSSR count). The summed E-state index contributed by atoms with van der Waals surface area (Å²) in [5.74, 6) is 0.205. The van der Waals surface area contributed by atoms with Crippen LogP contribution in [0.5, 0.6) is 5.75 Å². The third-order valence-corrected chi connectivity index (χ3v) is 5.15. The monoisotopic (exact) mass is 391 g/mol. The van der Waals surface area contributed by atoms with E-state index in [4.69, 9.17) is 9.47 Å². The van der Waals surface area contributed by atoms with E-state index in [9.17, 15) is 9.59 Å². The van der Waals surface area contributed by atoms with Crippen molar-refractivity contribution in [1.82, 2.24) is 15.5 Å². The lowest BCUT2D eigenvalue weighted by molar-refractivity contribution is -0.124. The first-order chi connectivity index (χ1) is 13.2. The number of rotatable bonds is 8. The minimum Gasteiger partial charge on any atom is -0.497 e. The molecule has 7 nitrogen and oxygen atoms in total. The Morgan fingerprint density at radius 1 is 1.18 bits per heavy atom. The molecule has 28 heavy (non-hydrogen) atoms. The van der Waals surface area contributed by atoms with Crippen molar-refractivity contribution in [3.05, 3.63) is 29.8 Å². The Hall–Kier alpha value is -2.12. The Bertz CT molecular complexity index is 652. The van der Waals surface area contributed by atoms with Gasteiger partial charge in [-0.3, -0.25) is 14.5 Å². The van der Waals surface area contributed by atoms with E-state index in [2.05, 4.69) is 29.4 Å². The van der Waals surface area contributed by atoms with E-state index >= 15 is 0 Å². The lowest BCUT2D eigenvalue weighted by atomic mass is 9.99. The number of ether oxygens (including phenoxy) is 2. The van der Waals surface area contributed by atoms with Crippen molar-refractivity contribution in [1.29, 1.82) is 0 Å². The van der Waals surface area contributed by atoms with Gasteiger partial charge in [-0.2, -0.15) is 0 Å². The Kier molecular flexibility index (Phi) is 7.83. The van der Waals surface area contributed by atoms with Crippen LogP contribution >= 0.6 is 0 Å². The fourth-order valence-electron chi connectivity index (χ4n) is 3.20. The van der Waals surface area contributed by atoms with E-state index in [1.165, 1.54) is 0 Å². The number of morpholine rings is 1. The van der Waals surface area contributed by atoms with Crippen LogP contribution in [0, 0.1) is 5.92 Å². The van der Waals surface area contributed by atoms with Crippen LogP contribution in [0.4, 0.5) is 0 Å². The molecule has 2 N–H and O–H groups in total. The van der Waals surface area contributed by atoms with Gasteiger partial charge in [-0.1, -0.05) is 13.8 Å². The van der Waals surface area contributed by atoms with Crippen molar-refractivity contribution in [3.8, 4) is 5.75 Å². The first-order valence-corrected chi connectivity index (χ1v) is 9.80. The standard InChI is InChI=1S/C21H33N3O4/c1-15(2)18(23-19(25)16-6-8-17(27-5)9-7-16)20(26)22-14-21(3,4)24-10-12-28-13-11-24/h6-9,15,18H,10-14H2,1-5H3,(H,22,26)(H,23,25)/t18-/m1/s1. The first-order valence-electron chi connectivity index (χ1n) is 9.80. The van der Waals surface area contributed by atoms with E-state index in [0.717, 1.165) is 13.1 Å². The average Bonchev–Trinajstić information content (AvgIpc) is 2.70. The zero-order valence-electron chi connectivity index (χ0n) is 17.6. The summed E-state index contributed by atoms with van der Waals surface area (Å²) in [6, 6.07) is 6.22. The van der Waals surface area contributed by atoms with E-state index in [1.807, 2.05) is 13.8 Å². The summed E-state index contributed by atoms with van der Waals surface area (Å²) in [7, 11) is 1.58. The topological polar surface area (TPSA) is 79.9 Å². The van der Waals surface area contributed by atoms with Crippen LogP contribution in [0.2, 0.25) is 0 Å². The SMILES string of the molecule is COc1ccc(C(=O)N[C@@H](C(=O)NCC(C)(C)N2CCOCC2)C(C)C)cc1. The fraction of sp³-hybridized carbons (Fsp3) is 0.619. The van der Waals surface area contributed by atoms with Gasteiger partial charge < -0.3 is 20.1 Å². The molecule has 1 heterocycles. The molecule has 1 aromatic carbocycles. The van der Waals surface area contributed by atoms with Crippen molar-refractivity contribution in [2.24, 2.45) is 5.92 Å². The molecule has 0 unspecified atom stereocenters. The van der Waals surface area contributed by atoms with Gasteiger partial charge in [0.25, 0.3) is 5.91 Å². The zero-order valence-corrected chi connectivity index (χ0v) is 17.6. The van der Waals surface area contributed by atoms with Crippen molar-refractivity contribution in [2.45, 2.75) is 39.3 Å². The van der Waals surface area contributed by atoms with Crippen LogP contribution < -0.4 is 15.4 Å². The maximum absolute atomic E-state index is 12.8. The van der Waals surface area contributed by atoms with E-state index < -0.39 is 6.04 Å². The molecule has 1 aliphatic rings. The minimum absolute atomic E-state index is 0.0336. The largest absolute Gasteiger partial charge is 0.497 e. The molecule has 0 radical (unpaired) electrons. The van der Waals surface area contributed by atoms with E-state index in [0.29, 0.717) is 31.1 Å². The molecule has 1 saturated heterocycles. The zero-order chi connectivity index (χ0) is 20.7. The maximum Gasteiger partial charge on any atom is 0.251 e. The van der Waals surface area contributed by atoms with Gasteiger partial charge in [0.05, 0.1) is 20.3 Å². The second kappa shape index (κ2) is 9.89. The fourth-order valence-corrected chi connectivity index (χ4v) is 3.20. The molecule has 0 bridgehead atoms. The van der Waals surface area contributed by atoms with E-state index in [-0.39, 0.29) is 23.3 Å². The number of carbonyl (C=O) groups excluding carboxylic acids is 2. The third kappa shape index (κ3) is 5.94. The van der Waals surface area contributed by atoms with Crippen LogP contribution in [-0.2, 0) is 9.53 Å². The quantitative estimate of drug-likeness (QED) is 0.705. The first kappa shape index (κ1) is 22.2. The molecule has 0 saturated carbocycles. The summed E-state index contributed by atoms with van der Waals surface area (Å²) in [6.07, 6.45) is 0. The molecular formula is C21H33N3O4. The van der Waals surface area contributed by atoms with E-state index in [1.54, 1.807) is 31.4 Å². The number of benzene rings is 1. The number of methoxy groups -OCH3 is 1. The van der Waals surface area contributed by atoms with Gasteiger partial charge in [0.2, 0.25) is 5.91 Å². The Morgan fingerprint density at radius 3 is 2.32 bits per heavy atom. The normalized spacial score (nSPS) is 16.5.